The molecule has 2 heterocycles. The number of nitrogens with zero attached hydrogens (tertiary/aromatic N) is 1. The lowest BCUT2D eigenvalue weighted by Gasteiger charge is -2.34. The quantitative estimate of drug-likeness (QED) is 0.698. The molecule has 0 aromatic heterocycles. The van der Waals surface area contributed by atoms with Crippen molar-refractivity contribution in [2.24, 2.45) is 0 Å². The lowest BCUT2D eigenvalue weighted by atomic mass is 9.88. The SMILES string of the molecule is CCCN1CCC2(CCCCN2)C1. The summed E-state index contributed by atoms with van der Waals surface area (Å²) >= 11 is 0. The Morgan fingerprint density at radius 2 is 2.23 bits per heavy atom. The number of piperidine rings is 1. The predicted molar refractivity (Wildman–Crippen MR) is 55.9 cm³/mol. The van der Waals surface area contributed by atoms with Crippen molar-refractivity contribution in [3.8, 4) is 0 Å². The van der Waals surface area contributed by atoms with E-state index < -0.39 is 0 Å². The number of hydrogen-bond donors (Lipinski definition) is 1. The van der Waals surface area contributed by atoms with Gasteiger partial charge in [-0.05, 0) is 38.8 Å². The fraction of sp³-hybridized carbons (Fsp3) is 1.00. The molecule has 0 aromatic carbocycles. The first kappa shape index (κ1) is 9.47. The molecule has 0 bridgehead atoms. The van der Waals surface area contributed by atoms with Gasteiger partial charge < -0.3 is 10.2 Å². The van der Waals surface area contributed by atoms with Crippen LogP contribution in [0, 0.1) is 0 Å². The van der Waals surface area contributed by atoms with Crippen molar-refractivity contribution in [2.45, 2.75) is 44.6 Å². The second-order valence-electron chi connectivity index (χ2n) is 4.69. The molecule has 0 aliphatic carbocycles. The molecule has 2 nitrogen and oxygen atoms in total. The van der Waals surface area contributed by atoms with Gasteiger partial charge in [-0.25, -0.2) is 0 Å². The second-order valence-corrected chi connectivity index (χ2v) is 4.69. The second kappa shape index (κ2) is 3.97. The van der Waals surface area contributed by atoms with E-state index in [0.29, 0.717) is 5.54 Å². The van der Waals surface area contributed by atoms with Crippen molar-refractivity contribution in [2.75, 3.05) is 26.2 Å². The molecular formula is C11H22N2. The van der Waals surface area contributed by atoms with Gasteiger partial charge in [0.25, 0.3) is 0 Å². The maximum absolute atomic E-state index is 3.74. The summed E-state index contributed by atoms with van der Waals surface area (Å²) in [5.41, 5.74) is 0.521. The van der Waals surface area contributed by atoms with E-state index in [-0.39, 0.29) is 0 Å². The van der Waals surface area contributed by atoms with Gasteiger partial charge in [-0.2, -0.15) is 0 Å². The minimum Gasteiger partial charge on any atom is -0.310 e. The van der Waals surface area contributed by atoms with E-state index in [1.54, 1.807) is 0 Å². The van der Waals surface area contributed by atoms with Gasteiger partial charge in [-0.3, -0.25) is 0 Å². The molecule has 0 saturated carbocycles. The van der Waals surface area contributed by atoms with Crippen LogP contribution in [0.2, 0.25) is 0 Å². The van der Waals surface area contributed by atoms with Crippen LogP contribution in [-0.4, -0.2) is 36.6 Å². The summed E-state index contributed by atoms with van der Waals surface area (Å²) in [6, 6.07) is 0. The van der Waals surface area contributed by atoms with Crippen molar-refractivity contribution in [1.29, 1.82) is 0 Å². The highest BCUT2D eigenvalue weighted by Crippen LogP contribution is 2.29. The summed E-state index contributed by atoms with van der Waals surface area (Å²) in [6.45, 7) is 7.45. The third-order valence-electron chi connectivity index (χ3n) is 3.55. The average molecular weight is 182 g/mol. The van der Waals surface area contributed by atoms with E-state index in [4.69, 9.17) is 0 Å². The normalized spacial score (nSPS) is 35.8. The third-order valence-corrected chi connectivity index (χ3v) is 3.55. The Balaban J connectivity index is 1.87. The van der Waals surface area contributed by atoms with Gasteiger partial charge >= 0.3 is 0 Å². The molecule has 0 amide bonds. The number of nitrogens with one attached hydrogen (secondary N) is 1. The maximum atomic E-state index is 3.74. The largest absolute Gasteiger partial charge is 0.310 e. The van der Waals surface area contributed by atoms with Crippen molar-refractivity contribution in [3.63, 3.8) is 0 Å². The van der Waals surface area contributed by atoms with Gasteiger partial charge in [0.15, 0.2) is 0 Å². The van der Waals surface area contributed by atoms with Gasteiger partial charge in [0.2, 0.25) is 0 Å². The first-order valence-electron chi connectivity index (χ1n) is 5.82. The van der Waals surface area contributed by atoms with E-state index in [0.717, 1.165) is 0 Å². The Kier molecular flexibility index (Phi) is 2.89. The van der Waals surface area contributed by atoms with Gasteiger partial charge in [0, 0.05) is 18.6 Å². The first-order valence-corrected chi connectivity index (χ1v) is 5.82. The molecule has 1 spiro atoms. The molecular weight excluding hydrogens is 160 g/mol. The highest BCUT2D eigenvalue weighted by molar-refractivity contribution is 4.98. The Hall–Kier alpha value is -0.0800. The van der Waals surface area contributed by atoms with Crippen LogP contribution in [0.3, 0.4) is 0 Å². The van der Waals surface area contributed by atoms with Crippen LogP contribution in [0.5, 0.6) is 0 Å². The molecule has 1 unspecified atom stereocenters. The Morgan fingerprint density at radius 1 is 1.31 bits per heavy atom. The topological polar surface area (TPSA) is 15.3 Å². The molecule has 1 atom stereocenters. The molecule has 2 heteroatoms. The molecule has 13 heavy (non-hydrogen) atoms. The number of rotatable bonds is 2. The predicted octanol–water partition coefficient (Wildman–Crippen LogP) is 1.61. The van der Waals surface area contributed by atoms with Crippen LogP contribution in [0.15, 0.2) is 0 Å². The average Bonchev–Trinajstić information content (AvgIpc) is 2.51. The van der Waals surface area contributed by atoms with Gasteiger partial charge in [0.1, 0.15) is 0 Å². The van der Waals surface area contributed by atoms with Crippen LogP contribution in [0.4, 0.5) is 0 Å². The van der Waals surface area contributed by atoms with E-state index in [2.05, 4.69) is 17.1 Å². The minimum atomic E-state index is 0.521. The highest BCUT2D eigenvalue weighted by Gasteiger charge is 2.37. The van der Waals surface area contributed by atoms with Crippen molar-refractivity contribution < 1.29 is 0 Å². The van der Waals surface area contributed by atoms with Crippen molar-refractivity contribution in [3.05, 3.63) is 0 Å². The smallest absolute Gasteiger partial charge is 0.0320 e. The summed E-state index contributed by atoms with van der Waals surface area (Å²) in [6.07, 6.45) is 6.92. The Bertz CT molecular complexity index is 161. The van der Waals surface area contributed by atoms with Gasteiger partial charge in [-0.1, -0.05) is 13.3 Å². The monoisotopic (exact) mass is 182 g/mol. The zero-order chi connectivity index (χ0) is 9.15. The molecule has 2 aliphatic heterocycles. The molecule has 1 N–H and O–H groups in total. The molecule has 2 rings (SSSR count). The molecule has 2 aliphatic rings. The van der Waals surface area contributed by atoms with E-state index in [1.165, 1.54) is 58.3 Å². The minimum absolute atomic E-state index is 0.521. The van der Waals surface area contributed by atoms with E-state index in [1.807, 2.05) is 0 Å². The Labute approximate surface area is 81.7 Å². The lowest BCUT2D eigenvalue weighted by molar-refractivity contribution is 0.238. The summed E-state index contributed by atoms with van der Waals surface area (Å²) in [5.74, 6) is 0. The summed E-state index contributed by atoms with van der Waals surface area (Å²) in [5, 5.41) is 3.74. The highest BCUT2D eigenvalue weighted by atomic mass is 15.2. The van der Waals surface area contributed by atoms with Crippen molar-refractivity contribution >= 4 is 0 Å². The van der Waals surface area contributed by atoms with Crippen LogP contribution >= 0.6 is 0 Å². The van der Waals surface area contributed by atoms with Gasteiger partial charge in [0.05, 0.1) is 0 Å². The van der Waals surface area contributed by atoms with Crippen LogP contribution in [0.25, 0.3) is 0 Å². The Morgan fingerprint density at radius 3 is 2.92 bits per heavy atom. The third kappa shape index (κ3) is 2.05. The molecule has 76 valence electrons. The number of hydrogen-bond acceptors (Lipinski definition) is 2. The van der Waals surface area contributed by atoms with E-state index in [9.17, 15) is 0 Å². The molecule has 2 saturated heterocycles. The first-order chi connectivity index (χ1) is 6.35. The zero-order valence-electron chi connectivity index (χ0n) is 8.81. The van der Waals surface area contributed by atoms with Crippen LogP contribution in [-0.2, 0) is 0 Å². The fourth-order valence-electron chi connectivity index (χ4n) is 2.84. The zero-order valence-corrected chi connectivity index (χ0v) is 8.81. The summed E-state index contributed by atoms with van der Waals surface area (Å²) in [4.78, 5) is 2.62. The maximum Gasteiger partial charge on any atom is 0.0320 e. The molecule has 2 fully saturated rings. The van der Waals surface area contributed by atoms with Crippen LogP contribution < -0.4 is 5.32 Å². The lowest BCUT2D eigenvalue weighted by Crippen LogP contribution is -2.50. The standard InChI is InChI=1S/C11H22N2/c1-2-8-13-9-6-11(10-13)5-3-4-7-12-11/h12H,2-10H2,1H3. The fourth-order valence-corrected chi connectivity index (χ4v) is 2.84. The number of likely N-dealkylation sites (tertiary alicyclic amines) is 1. The summed E-state index contributed by atoms with van der Waals surface area (Å²) in [7, 11) is 0. The van der Waals surface area contributed by atoms with E-state index >= 15 is 0 Å². The molecule has 0 aromatic rings. The van der Waals surface area contributed by atoms with Gasteiger partial charge in [-0.15, -0.1) is 0 Å². The van der Waals surface area contributed by atoms with Crippen molar-refractivity contribution in [1.82, 2.24) is 10.2 Å². The summed E-state index contributed by atoms with van der Waals surface area (Å²) < 4.78 is 0. The molecule has 0 radical (unpaired) electrons. The van der Waals surface area contributed by atoms with Crippen LogP contribution in [0.1, 0.15) is 39.0 Å².